The molecule has 29 heavy (non-hydrogen) atoms. The number of hydrogen-bond acceptors (Lipinski definition) is 7. The largest absolute Gasteiger partial charge is 0.475 e. The van der Waals surface area contributed by atoms with Crippen LogP contribution in [0.1, 0.15) is 18.2 Å². The monoisotopic (exact) mass is 450 g/mol. The Bertz CT molecular complexity index is 1110. The van der Waals surface area contributed by atoms with Gasteiger partial charge in [0.1, 0.15) is 24.3 Å². The van der Waals surface area contributed by atoms with Crippen LogP contribution in [0.5, 0.6) is 0 Å². The van der Waals surface area contributed by atoms with Crippen LogP contribution in [0.2, 0.25) is 5.02 Å². The zero-order valence-electron chi connectivity index (χ0n) is 14.5. The van der Waals surface area contributed by atoms with Gasteiger partial charge in [-0.2, -0.15) is 4.39 Å². The van der Waals surface area contributed by atoms with Crippen molar-refractivity contribution in [1.29, 1.82) is 0 Å². The summed E-state index contributed by atoms with van der Waals surface area (Å²) >= 11 is 5.91. The third-order valence-electron chi connectivity index (χ3n) is 4.47. The zero-order chi connectivity index (χ0) is 20.8. The van der Waals surface area contributed by atoms with E-state index < -0.39 is 49.1 Å². The predicted molar refractivity (Wildman–Crippen MR) is 94.4 cm³/mol. The van der Waals surface area contributed by atoms with Gasteiger partial charge in [0, 0.05) is 11.4 Å². The van der Waals surface area contributed by atoms with Gasteiger partial charge < -0.3 is 4.74 Å². The SMILES string of the molecule is O=c1[nH]c(=O)n([C@H]2C[C@@H]3OP(=O)(OCc4ccc(F)cc4Cl)OC[C@H]3O2)cc1F. The highest BCUT2D eigenvalue weighted by atomic mass is 35.5. The lowest BCUT2D eigenvalue weighted by molar-refractivity contribution is -0.0731. The number of ether oxygens (including phenoxy) is 1. The Balaban J connectivity index is 1.45. The molecular weight excluding hydrogens is 437 g/mol. The minimum Gasteiger partial charge on any atom is -0.349 e. The summed E-state index contributed by atoms with van der Waals surface area (Å²) in [6, 6.07) is 3.64. The molecule has 3 heterocycles. The molecule has 2 fully saturated rings. The van der Waals surface area contributed by atoms with E-state index in [0.717, 1.165) is 16.8 Å². The van der Waals surface area contributed by atoms with Crippen molar-refractivity contribution in [2.45, 2.75) is 31.5 Å². The van der Waals surface area contributed by atoms with E-state index in [1.807, 2.05) is 4.98 Å². The molecule has 0 saturated carbocycles. The predicted octanol–water partition coefficient (Wildman–Crippen LogP) is 2.50. The minimum absolute atomic E-state index is 0.0457. The first-order valence-electron chi connectivity index (χ1n) is 8.42. The second-order valence-electron chi connectivity index (χ2n) is 6.40. The maximum atomic E-state index is 13.5. The Labute approximate surface area is 166 Å². The molecule has 1 aromatic heterocycles. The van der Waals surface area contributed by atoms with E-state index in [1.165, 1.54) is 12.1 Å². The second kappa shape index (κ2) is 7.75. The van der Waals surface area contributed by atoms with Crippen molar-refractivity contribution in [2.75, 3.05) is 6.61 Å². The number of halogens is 3. The topological polar surface area (TPSA) is 109 Å². The Morgan fingerprint density at radius 2 is 2.10 bits per heavy atom. The number of phosphoric acid groups is 1. The number of aromatic nitrogens is 2. The number of phosphoric ester groups is 1. The van der Waals surface area contributed by atoms with Crippen molar-refractivity contribution in [3.63, 3.8) is 0 Å². The summed E-state index contributed by atoms with van der Waals surface area (Å²) in [6.07, 6.45) is -1.61. The van der Waals surface area contributed by atoms with Gasteiger partial charge in [-0.1, -0.05) is 17.7 Å². The lowest BCUT2D eigenvalue weighted by Crippen LogP contribution is -2.34. The molecule has 2 saturated heterocycles. The summed E-state index contributed by atoms with van der Waals surface area (Å²) in [5.74, 6) is -1.67. The highest BCUT2D eigenvalue weighted by Crippen LogP contribution is 2.57. The molecule has 1 unspecified atom stereocenters. The number of nitrogens with zero attached hydrogens (tertiary/aromatic N) is 1. The molecule has 2 aliphatic heterocycles. The van der Waals surface area contributed by atoms with E-state index >= 15 is 0 Å². The maximum absolute atomic E-state index is 13.5. The van der Waals surface area contributed by atoms with Gasteiger partial charge in [-0.15, -0.1) is 0 Å². The van der Waals surface area contributed by atoms with E-state index in [1.54, 1.807) is 0 Å². The fourth-order valence-corrected chi connectivity index (χ4v) is 4.62. The first-order valence-corrected chi connectivity index (χ1v) is 10.3. The quantitative estimate of drug-likeness (QED) is 0.713. The summed E-state index contributed by atoms with van der Waals surface area (Å²) in [5.41, 5.74) is -1.61. The molecule has 0 amide bonds. The normalized spacial score (nSPS) is 29.0. The van der Waals surface area contributed by atoms with Gasteiger partial charge in [0.2, 0.25) is 5.82 Å². The van der Waals surface area contributed by atoms with Gasteiger partial charge in [-0.05, 0) is 17.7 Å². The van der Waals surface area contributed by atoms with E-state index in [0.29, 0.717) is 5.56 Å². The van der Waals surface area contributed by atoms with Crippen LogP contribution in [0.15, 0.2) is 34.0 Å². The van der Waals surface area contributed by atoms with Crippen LogP contribution in [0, 0.1) is 11.6 Å². The van der Waals surface area contributed by atoms with Crippen LogP contribution >= 0.6 is 19.4 Å². The summed E-state index contributed by atoms with van der Waals surface area (Å²) in [7, 11) is -3.98. The molecule has 4 rings (SSSR count). The van der Waals surface area contributed by atoms with Crippen molar-refractivity contribution >= 4 is 19.4 Å². The van der Waals surface area contributed by atoms with Crippen LogP contribution in [0.25, 0.3) is 0 Å². The third kappa shape index (κ3) is 4.20. The molecule has 4 atom stereocenters. The van der Waals surface area contributed by atoms with Gasteiger partial charge in [0.05, 0.1) is 19.4 Å². The van der Waals surface area contributed by atoms with Crippen molar-refractivity contribution in [3.8, 4) is 0 Å². The number of fused-ring (bicyclic) bond motifs is 1. The Morgan fingerprint density at radius 3 is 2.86 bits per heavy atom. The molecule has 2 aromatic rings. The highest BCUT2D eigenvalue weighted by molar-refractivity contribution is 7.48. The van der Waals surface area contributed by atoms with E-state index in [9.17, 15) is 22.9 Å². The molecular formula is C16H14ClF2N2O7P. The molecule has 2 aliphatic rings. The average Bonchev–Trinajstić information content (AvgIpc) is 3.06. The van der Waals surface area contributed by atoms with Crippen LogP contribution in [-0.4, -0.2) is 28.4 Å². The average molecular weight is 451 g/mol. The first kappa shape index (κ1) is 20.4. The molecule has 0 bridgehead atoms. The summed E-state index contributed by atoms with van der Waals surface area (Å²) < 4.78 is 61.7. The van der Waals surface area contributed by atoms with Crippen LogP contribution in [0.4, 0.5) is 8.78 Å². The summed E-state index contributed by atoms with van der Waals surface area (Å²) in [5, 5.41) is 0.0928. The van der Waals surface area contributed by atoms with Crippen molar-refractivity contribution in [3.05, 3.63) is 67.5 Å². The molecule has 1 N–H and O–H groups in total. The lowest BCUT2D eigenvalue weighted by Gasteiger charge is -2.29. The fourth-order valence-electron chi connectivity index (χ4n) is 3.02. The highest BCUT2D eigenvalue weighted by Gasteiger charge is 2.48. The first-order chi connectivity index (χ1) is 13.7. The number of H-pyrrole nitrogens is 1. The Morgan fingerprint density at radius 1 is 1.31 bits per heavy atom. The van der Waals surface area contributed by atoms with E-state index in [4.69, 9.17) is 29.9 Å². The van der Waals surface area contributed by atoms with Crippen LogP contribution < -0.4 is 11.2 Å². The lowest BCUT2D eigenvalue weighted by atomic mass is 10.2. The second-order valence-corrected chi connectivity index (χ2v) is 8.43. The van der Waals surface area contributed by atoms with Crippen molar-refractivity contribution in [2.24, 2.45) is 0 Å². The number of benzene rings is 1. The Kier molecular flexibility index (Phi) is 5.45. The third-order valence-corrected chi connectivity index (χ3v) is 6.26. The number of nitrogens with one attached hydrogen (secondary N) is 1. The van der Waals surface area contributed by atoms with Gasteiger partial charge in [-0.3, -0.25) is 27.9 Å². The maximum Gasteiger partial charge on any atom is 0.475 e. The van der Waals surface area contributed by atoms with Gasteiger partial charge in [0.15, 0.2) is 0 Å². The summed E-state index contributed by atoms with van der Waals surface area (Å²) in [4.78, 5) is 24.9. The molecule has 9 nitrogen and oxygen atoms in total. The van der Waals surface area contributed by atoms with Gasteiger partial charge >= 0.3 is 13.5 Å². The minimum atomic E-state index is -3.98. The standard InChI is InChI=1S/C16H14ClF2N2O7P/c17-10-3-9(18)2-1-8(10)6-25-29(24)26-7-13-12(28-29)4-14(27-13)21-5-11(19)15(22)20-16(21)23/h1-3,5,12-14H,4,6-7H2,(H,20,22,23)/t12-,13+,14+,29?/m0/s1. The van der Waals surface area contributed by atoms with E-state index in [2.05, 4.69) is 0 Å². The smallest absolute Gasteiger partial charge is 0.349 e. The number of aromatic amines is 1. The van der Waals surface area contributed by atoms with Crippen LogP contribution in [0.3, 0.4) is 0 Å². The number of hydrogen-bond donors (Lipinski definition) is 1. The molecule has 0 radical (unpaired) electrons. The molecule has 0 aliphatic carbocycles. The number of rotatable bonds is 4. The summed E-state index contributed by atoms with van der Waals surface area (Å²) in [6.45, 7) is -0.404. The van der Waals surface area contributed by atoms with E-state index in [-0.39, 0.29) is 24.7 Å². The van der Waals surface area contributed by atoms with Crippen molar-refractivity contribution < 1.29 is 31.7 Å². The van der Waals surface area contributed by atoms with Gasteiger partial charge in [0.25, 0.3) is 5.56 Å². The van der Waals surface area contributed by atoms with Gasteiger partial charge in [-0.25, -0.2) is 13.8 Å². The molecule has 1 aromatic carbocycles. The molecule has 13 heteroatoms. The fraction of sp³-hybridized carbons (Fsp3) is 0.375. The zero-order valence-corrected chi connectivity index (χ0v) is 16.2. The molecule has 0 spiro atoms. The van der Waals surface area contributed by atoms with Crippen molar-refractivity contribution in [1.82, 2.24) is 9.55 Å². The Hall–Kier alpha value is -1.88. The van der Waals surface area contributed by atoms with Crippen LogP contribution in [-0.2, 0) is 29.5 Å². The molecule has 156 valence electrons.